The van der Waals surface area contributed by atoms with Crippen LogP contribution in [0.3, 0.4) is 0 Å². The highest BCUT2D eigenvalue weighted by Crippen LogP contribution is 2.30. The number of likely N-dealkylation sites (tertiary alicyclic amines) is 1. The molecule has 0 aliphatic carbocycles. The number of β-lactam (4-membered cyclic amide) rings is 1. The first-order chi connectivity index (χ1) is 14.8. The van der Waals surface area contributed by atoms with Crippen LogP contribution in [0.25, 0.3) is 0 Å². The van der Waals surface area contributed by atoms with E-state index in [1.165, 1.54) is 6.07 Å². The number of aliphatic carboxylic acids is 1. The average molecular weight is 473 g/mol. The summed E-state index contributed by atoms with van der Waals surface area (Å²) in [6.45, 7) is 1.69. The number of carboxylic acid groups (broad SMARTS) is 1. The first-order valence-electron chi connectivity index (χ1n) is 9.21. The second kappa shape index (κ2) is 9.30. The number of phenols is 2. The number of amides is 3. The fourth-order valence-corrected chi connectivity index (χ4v) is 3.79. The lowest BCUT2D eigenvalue weighted by atomic mass is 9.92. The minimum absolute atomic E-state index is 0.0660. The summed E-state index contributed by atoms with van der Waals surface area (Å²) in [5.74, 6) is -3.94. The number of hydrazine groups is 1. The molecule has 1 aromatic carbocycles. The molecular weight excluding hydrogens is 450 g/mol. The van der Waals surface area contributed by atoms with Crippen molar-refractivity contribution in [3.8, 4) is 11.5 Å². The van der Waals surface area contributed by atoms with Gasteiger partial charge in [-0.3, -0.25) is 14.6 Å². The number of carboxylic acids is 1. The number of hydrogen-bond donors (Lipinski definition) is 5. The summed E-state index contributed by atoms with van der Waals surface area (Å²) in [4.78, 5) is 49.0. The van der Waals surface area contributed by atoms with E-state index in [1.54, 1.807) is 6.92 Å². The molecule has 4 N–H and O–H groups in total. The van der Waals surface area contributed by atoms with Gasteiger partial charge in [0.05, 0.1) is 0 Å². The Bertz CT molecular complexity index is 1020. The normalized spacial score (nSPS) is 18.3. The van der Waals surface area contributed by atoms with Gasteiger partial charge >= 0.3 is 12.1 Å². The van der Waals surface area contributed by atoms with E-state index in [1.807, 2.05) is 5.43 Å². The smallest absolute Gasteiger partial charge is 0.426 e. The summed E-state index contributed by atoms with van der Waals surface area (Å²) in [5.41, 5.74) is 1.93. The topological polar surface area (TPSA) is 191 Å². The third-order valence-electron chi connectivity index (χ3n) is 5.03. The molecule has 1 aliphatic rings. The molecule has 0 unspecified atom stereocenters. The number of aromatic hydroxyl groups is 2. The molecule has 32 heavy (non-hydrogen) atoms. The van der Waals surface area contributed by atoms with Gasteiger partial charge in [-0.1, -0.05) is 0 Å². The third-order valence-corrected chi connectivity index (χ3v) is 6.24. The predicted octanol–water partition coefficient (Wildman–Crippen LogP) is -0.745. The van der Waals surface area contributed by atoms with Gasteiger partial charge in [-0.05, 0) is 32.0 Å². The maximum atomic E-state index is 12.3. The van der Waals surface area contributed by atoms with Gasteiger partial charge < -0.3 is 25.0 Å². The highest BCUT2D eigenvalue weighted by atomic mass is 32.2. The lowest BCUT2D eigenvalue weighted by Gasteiger charge is -2.46. The Balaban J connectivity index is 2.10. The monoisotopic (exact) mass is 473 g/mol. The molecule has 176 valence electrons. The molecule has 0 bridgehead atoms. The fourth-order valence-electron chi connectivity index (χ4n) is 3.19. The second-order valence-corrected chi connectivity index (χ2v) is 9.00. The summed E-state index contributed by atoms with van der Waals surface area (Å²) in [5, 5.41) is 29.0. The zero-order valence-electron chi connectivity index (χ0n) is 17.3. The summed E-state index contributed by atoms with van der Waals surface area (Å²) in [6.07, 6.45) is -1.20. The van der Waals surface area contributed by atoms with Gasteiger partial charge in [-0.25, -0.2) is 23.4 Å². The highest BCUT2D eigenvalue weighted by molar-refractivity contribution is 7.74. The molecule has 3 amide bonds. The first kappa shape index (κ1) is 24.7. The summed E-state index contributed by atoms with van der Waals surface area (Å²) >= 11 is 0. The van der Waals surface area contributed by atoms with Gasteiger partial charge in [-0.2, -0.15) is 0 Å². The Labute approximate surface area is 184 Å². The molecule has 0 saturated carbocycles. The van der Waals surface area contributed by atoms with E-state index in [4.69, 9.17) is 4.74 Å². The summed E-state index contributed by atoms with van der Waals surface area (Å²) in [6, 6.07) is 0.921. The van der Waals surface area contributed by atoms with Crippen LogP contribution >= 0.6 is 0 Å². The SMILES string of the molecule is C[C@@H]1CC(=O)N1[C@@H](C(=O)O)[C@](C)(COC(=O)NN(C)C(=O)c1ccc(O)c(O)c1)[SH](=O)=O. The first-order valence-corrected chi connectivity index (χ1v) is 10.4. The number of phenolic OH excluding ortho intramolecular Hbond substituents is 2. The van der Waals surface area contributed by atoms with Crippen molar-refractivity contribution in [2.45, 2.75) is 37.1 Å². The van der Waals surface area contributed by atoms with Crippen LogP contribution < -0.4 is 5.43 Å². The molecule has 13 nitrogen and oxygen atoms in total. The van der Waals surface area contributed by atoms with Gasteiger partial charge in [0.2, 0.25) is 5.91 Å². The number of thiol groups is 1. The van der Waals surface area contributed by atoms with Crippen LogP contribution in [0.5, 0.6) is 11.5 Å². The van der Waals surface area contributed by atoms with Crippen molar-refractivity contribution in [3.05, 3.63) is 23.8 Å². The van der Waals surface area contributed by atoms with Crippen LogP contribution in [0.2, 0.25) is 0 Å². The van der Waals surface area contributed by atoms with Gasteiger partial charge in [0, 0.05) is 25.1 Å². The molecule has 3 atom stereocenters. The molecule has 1 heterocycles. The van der Waals surface area contributed by atoms with E-state index in [0.29, 0.717) is 5.01 Å². The van der Waals surface area contributed by atoms with Crippen LogP contribution in [0.1, 0.15) is 30.6 Å². The van der Waals surface area contributed by atoms with Gasteiger partial charge in [0.25, 0.3) is 5.91 Å². The van der Waals surface area contributed by atoms with Crippen LogP contribution in [0, 0.1) is 0 Å². The maximum Gasteiger partial charge on any atom is 0.426 e. The Morgan fingerprint density at radius 1 is 1.31 bits per heavy atom. The van der Waals surface area contributed by atoms with Crippen molar-refractivity contribution in [1.29, 1.82) is 0 Å². The van der Waals surface area contributed by atoms with E-state index in [2.05, 4.69) is 0 Å². The van der Waals surface area contributed by atoms with Crippen LogP contribution in [0.4, 0.5) is 4.79 Å². The van der Waals surface area contributed by atoms with Crippen molar-refractivity contribution in [1.82, 2.24) is 15.3 Å². The van der Waals surface area contributed by atoms with Crippen LogP contribution in [0.15, 0.2) is 18.2 Å². The lowest BCUT2D eigenvalue weighted by Crippen LogP contribution is -2.67. The Hall–Kier alpha value is -3.55. The third kappa shape index (κ3) is 4.85. The largest absolute Gasteiger partial charge is 0.504 e. The summed E-state index contributed by atoms with van der Waals surface area (Å²) < 4.78 is 26.6. The predicted molar refractivity (Wildman–Crippen MR) is 107 cm³/mol. The number of ether oxygens (including phenoxy) is 1. The van der Waals surface area contributed by atoms with E-state index >= 15 is 0 Å². The lowest BCUT2D eigenvalue weighted by molar-refractivity contribution is -0.163. The second-order valence-electron chi connectivity index (χ2n) is 7.46. The zero-order chi connectivity index (χ0) is 24.4. The Kier molecular flexibility index (Phi) is 7.18. The number of hydrogen-bond acceptors (Lipinski definition) is 9. The molecular formula is C18H23N3O10S. The van der Waals surface area contributed by atoms with Crippen LogP contribution in [-0.2, 0) is 25.0 Å². The van der Waals surface area contributed by atoms with E-state index in [9.17, 15) is 42.9 Å². The molecule has 1 saturated heterocycles. The zero-order valence-corrected chi connectivity index (χ0v) is 18.2. The minimum Gasteiger partial charge on any atom is -0.504 e. The number of nitrogens with zero attached hydrogens (tertiary/aromatic N) is 2. The standard InChI is InChI=1S/C18H23N3O10S/c1-9-6-13(24)21(9)14(16(26)27)18(2,32(29)30)8-31-17(28)19-20(3)15(25)10-4-5-11(22)12(23)7-10/h4-5,7,9,14,22-23,32H,6,8H2,1-3H3,(H,19,28)(H,26,27)/t9-,14+,18+/m1/s1. The molecule has 2 rings (SSSR count). The number of benzene rings is 1. The van der Waals surface area contributed by atoms with Gasteiger partial charge in [0.15, 0.2) is 28.2 Å². The quantitative estimate of drug-likeness (QED) is 0.146. The molecule has 0 spiro atoms. The van der Waals surface area contributed by atoms with E-state index in [0.717, 1.165) is 31.0 Å². The molecule has 1 aromatic rings. The number of carbonyl (C=O) groups is 4. The van der Waals surface area contributed by atoms with Crippen LogP contribution in [-0.4, -0.2) is 88.0 Å². The molecule has 0 aromatic heterocycles. The fraction of sp³-hybridized carbons (Fsp3) is 0.444. The van der Waals surface area contributed by atoms with E-state index in [-0.39, 0.29) is 12.0 Å². The maximum absolute atomic E-state index is 12.3. The summed E-state index contributed by atoms with van der Waals surface area (Å²) in [7, 11) is -2.34. The van der Waals surface area contributed by atoms with Crippen molar-refractivity contribution in [3.63, 3.8) is 0 Å². The number of rotatable bonds is 7. The Morgan fingerprint density at radius 3 is 2.41 bits per heavy atom. The average Bonchev–Trinajstić information content (AvgIpc) is 2.71. The molecule has 14 heteroatoms. The van der Waals surface area contributed by atoms with Gasteiger partial charge in [-0.15, -0.1) is 0 Å². The molecule has 0 radical (unpaired) electrons. The van der Waals surface area contributed by atoms with E-state index < -0.39 is 69.5 Å². The molecule has 1 fully saturated rings. The van der Waals surface area contributed by atoms with Crippen molar-refractivity contribution < 1.29 is 47.7 Å². The molecule has 1 aliphatic heterocycles. The van der Waals surface area contributed by atoms with Crippen molar-refractivity contribution in [2.75, 3.05) is 13.7 Å². The minimum atomic E-state index is -3.48. The number of nitrogens with one attached hydrogen (secondary N) is 1. The van der Waals surface area contributed by atoms with Gasteiger partial charge in [0.1, 0.15) is 11.4 Å². The number of carbonyl (C=O) groups excluding carboxylic acids is 3. The van der Waals surface area contributed by atoms with Crippen molar-refractivity contribution >= 4 is 34.6 Å². The van der Waals surface area contributed by atoms with Crippen molar-refractivity contribution in [2.24, 2.45) is 0 Å². The Morgan fingerprint density at radius 2 is 1.94 bits per heavy atom. The highest BCUT2D eigenvalue weighted by Gasteiger charge is 2.53.